The monoisotopic (exact) mass is 216 g/mol. The van der Waals surface area contributed by atoms with Crippen LogP contribution in [0.1, 0.15) is 56.9 Å². The number of fused-ring (bicyclic) bond motifs is 1. The summed E-state index contributed by atoms with van der Waals surface area (Å²) in [5.41, 5.74) is 3.38. The Morgan fingerprint density at radius 3 is 2.88 bits per heavy atom. The summed E-state index contributed by atoms with van der Waals surface area (Å²) in [4.78, 5) is 11.2. The van der Waals surface area contributed by atoms with Gasteiger partial charge in [-0.1, -0.05) is 19.1 Å². The highest BCUT2D eigenvalue weighted by atomic mass is 16.1. The van der Waals surface area contributed by atoms with Gasteiger partial charge in [0.2, 0.25) is 0 Å². The molecule has 3 rings (SSSR count). The Morgan fingerprint density at radius 1 is 1.44 bits per heavy atom. The minimum Gasteiger partial charge on any atom is -0.290 e. The zero-order chi connectivity index (χ0) is 11.3. The van der Waals surface area contributed by atoms with E-state index in [1.165, 1.54) is 44.1 Å². The number of rotatable bonds is 1. The van der Waals surface area contributed by atoms with Crippen molar-refractivity contribution >= 4 is 0 Å². The number of hydrogen-bond acceptors (Lipinski definition) is 1. The summed E-state index contributed by atoms with van der Waals surface area (Å²) in [6, 6.07) is 1.83. The zero-order valence-corrected chi connectivity index (χ0v) is 10.1. The molecule has 3 atom stereocenters. The molecule has 1 nitrogen and oxygen atoms in total. The van der Waals surface area contributed by atoms with Crippen LogP contribution >= 0.6 is 0 Å². The Balaban J connectivity index is 1.81. The van der Waals surface area contributed by atoms with Crippen LogP contribution in [0.25, 0.3) is 0 Å². The highest BCUT2D eigenvalue weighted by Gasteiger charge is 2.44. The van der Waals surface area contributed by atoms with Crippen molar-refractivity contribution in [1.82, 2.24) is 0 Å². The molecule has 2 aliphatic carbocycles. The van der Waals surface area contributed by atoms with Gasteiger partial charge in [-0.2, -0.15) is 0 Å². The van der Waals surface area contributed by atoms with E-state index in [1.54, 1.807) is 0 Å². The molecule has 0 saturated heterocycles. The Kier molecular flexibility index (Phi) is 2.14. The van der Waals surface area contributed by atoms with Gasteiger partial charge >= 0.3 is 0 Å². The van der Waals surface area contributed by atoms with Crippen LogP contribution < -0.4 is 5.43 Å². The fourth-order valence-corrected chi connectivity index (χ4v) is 3.92. The van der Waals surface area contributed by atoms with E-state index in [-0.39, 0.29) is 0 Å². The summed E-state index contributed by atoms with van der Waals surface area (Å²) in [5.74, 6) is 1.23. The van der Waals surface area contributed by atoms with E-state index in [9.17, 15) is 4.79 Å². The van der Waals surface area contributed by atoms with Crippen molar-refractivity contribution in [3.63, 3.8) is 0 Å². The summed E-state index contributed by atoms with van der Waals surface area (Å²) in [5, 5.41) is 0. The molecule has 3 unspecified atom stereocenters. The van der Waals surface area contributed by atoms with E-state index in [2.05, 4.69) is 13.5 Å². The molecule has 16 heavy (non-hydrogen) atoms. The normalized spacial score (nSPS) is 39.9. The molecule has 0 aromatic heterocycles. The molecule has 0 heterocycles. The van der Waals surface area contributed by atoms with Gasteiger partial charge in [-0.05, 0) is 61.8 Å². The van der Waals surface area contributed by atoms with E-state index >= 15 is 0 Å². The lowest BCUT2D eigenvalue weighted by Crippen LogP contribution is -2.37. The predicted molar refractivity (Wildman–Crippen MR) is 66.3 cm³/mol. The zero-order valence-electron chi connectivity index (χ0n) is 10.1. The molecule has 1 heteroatoms. The van der Waals surface area contributed by atoms with Gasteiger partial charge < -0.3 is 0 Å². The van der Waals surface area contributed by atoms with Gasteiger partial charge in [0.05, 0.1) is 0 Å². The van der Waals surface area contributed by atoms with E-state index < -0.39 is 0 Å². The molecule has 0 amide bonds. The van der Waals surface area contributed by atoms with Gasteiger partial charge in [0.25, 0.3) is 0 Å². The summed E-state index contributed by atoms with van der Waals surface area (Å²) >= 11 is 0. The Hall–Kier alpha value is -0.850. The second-order valence-electron chi connectivity index (χ2n) is 6.15. The standard InChI is InChI=1S/C15H20O/c1-10-4-3-6-15(2)7-5-11(8-13(10)15)12-9-14(12)16/h9,11,13H,1,3-8H2,2H3. The smallest absolute Gasteiger partial charge is 0.182 e. The summed E-state index contributed by atoms with van der Waals surface area (Å²) in [7, 11) is 0. The van der Waals surface area contributed by atoms with Crippen LogP contribution in [0.4, 0.5) is 0 Å². The minimum absolute atomic E-state index is 0.315. The lowest BCUT2D eigenvalue weighted by molar-refractivity contribution is 0.0936. The molecule has 86 valence electrons. The molecule has 0 aliphatic heterocycles. The van der Waals surface area contributed by atoms with Gasteiger partial charge in [0, 0.05) is 5.56 Å². The highest BCUT2D eigenvalue weighted by molar-refractivity contribution is 5.30. The largest absolute Gasteiger partial charge is 0.290 e. The Labute approximate surface area is 97.2 Å². The van der Waals surface area contributed by atoms with Crippen molar-refractivity contribution in [2.45, 2.75) is 51.4 Å². The highest BCUT2D eigenvalue weighted by Crippen LogP contribution is 2.55. The third kappa shape index (κ3) is 1.49. The first kappa shape index (κ1) is 10.3. The van der Waals surface area contributed by atoms with Crippen molar-refractivity contribution in [2.75, 3.05) is 0 Å². The number of hydrogen-bond donors (Lipinski definition) is 0. The molecule has 0 bridgehead atoms. The molecule has 1 aromatic carbocycles. The van der Waals surface area contributed by atoms with Gasteiger partial charge in [-0.15, -0.1) is 0 Å². The SMILES string of the molecule is C=C1CCCC2(C)CCC(c3cc3=O)CC12. The van der Waals surface area contributed by atoms with Crippen molar-refractivity contribution in [3.05, 3.63) is 34.0 Å². The van der Waals surface area contributed by atoms with Crippen molar-refractivity contribution in [3.8, 4) is 0 Å². The van der Waals surface area contributed by atoms with Gasteiger partial charge in [-0.3, -0.25) is 4.79 Å². The Bertz CT molecular complexity index is 435. The van der Waals surface area contributed by atoms with Crippen LogP contribution in [0.2, 0.25) is 0 Å². The van der Waals surface area contributed by atoms with Crippen LogP contribution in [0.5, 0.6) is 0 Å². The maximum absolute atomic E-state index is 11.2. The Morgan fingerprint density at radius 2 is 2.19 bits per heavy atom. The first-order chi connectivity index (χ1) is 7.60. The van der Waals surface area contributed by atoms with E-state index in [0.717, 1.165) is 5.56 Å². The lowest BCUT2D eigenvalue weighted by Gasteiger charge is -2.48. The molecule has 2 saturated carbocycles. The van der Waals surface area contributed by atoms with Gasteiger partial charge in [0.15, 0.2) is 5.43 Å². The summed E-state index contributed by atoms with van der Waals surface area (Å²) in [6.45, 7) is 6.70. The topological polar surface area (TPSA) is 17.1 Å². The maximum atomic E-state index is 11.2. The number of allylic oxidation sites excluding steroid dienone is 1. The van der Waals surface area contributed by atoms with Crippen LogP contribution in [-0.2, 0) is 0 Å². The molecular formula is C15H20O. The fourth-order valence-electron chi connectivity index (χ4n) is 3.92. The van der Waals surface area contributed by atoms with Crippen LogP contribution in [0.15, 0.2) is 23.0 Å². The summed E-state index contributed by atoms with van der Waals surface area (Å²) in [6.07, 6.45) is 7.57. The summed E-state index contributed by atoms with van der Waals surface area (Å²) < 4.78 is 0. The van der Waals surface area contributed by atoms with E-state index in [1.807, 2.05) is 6.07 Å². The van der Waals surface area contributed by atoms with Crippen molar-refractivity contribution in [1.29, 1.82) is 0 Å². The second kappa shape index (κ2) is 3.32. The fraction of sp³-hybridized carbons (Fsp3) is 0.667. The quantitative estimate of drug-likeness (QED) is 0.656. The molecule has 2 fully saturated rings. The molecule has 0 radical (unpaired) electrons. The average Bonchev–Trinajstić information content (AvgIpc) is 2.95. The second-order valence-corrected chi connectivity index (χ2v) is 6.15. The van der Waals surface area contributed by atoms with Crippen LogP contribution in [-0.4, -0.2) is 0 Å². The third-order valence-electron chi connectivity index (χ3n) is 5.09. The lowest BCUT2D eigenvalue weighted by atomic mass is 9.57. The maximum Gasteiger partial charge on any atom is 0.182 e. The first-order valence-corrected chi connectivity index (χ1v) is 6.54. The van der Waals surface area contributed by atoms with E-state index in [4.69, 9.17) is 0 Å². The molecular weight excluding hydrogens is 196 g/mol. The van der Waals surface area contributed by atoms with Gasteiger partial charge in [0.1, 0.15) is 0 Å². The third-order valence-corrected chi connectivity index (χ3v) is 5.09. The minimum atomic E-state index is 0.315. The predicted octanol–water partition coefficient (Wildman–Crippen LogP) is 3.55. The van der Waals surface area contributed by atoms with Crippen LogP contribution in [0.3, 0.4) is 0 Å². The first-order valence-electron chi connectivity index (χ1n) is 6.54. The molecule has 1 aromatic rings. The van der Waals surface area contributed by atoms with Crippen molar-refractivity contribution < 1.29 is 0 Å². The van der Waals surface area contributed by atoms with Gasteiger partial charge in [-0.25, -0.2) is 0 Å². The molecule has 2 aliphatic rings. The van der Waals surface area contributed by atoms with Crippen LogP contribution in [0, 0.1) is 11.3 Å². The molecule has 0 spiro atoms. The van der Waals surface area contributed by atoms with E-state index in [0.29, 0.717) is 22.7 Å². The average molecular weight is 216 g/mol. The van der Waals surface area contributed by atoms with Crippen molar-refractivity contribution in [2.24, 2.45) is 11.3 Å². The molecule has 0 N–H and O–H groups in total.